The summed E-state index contributed by atoms with van der Waals surface area (Å²) in [4.78, 5) is 28.4. The van der Waals surface area contributed by atoms with Crippen LogP contribution in [0.2, 0.25) is 5.02 Å². The van der Waals surface area contributed by atoms with Crippen LogP contribution in [0.1, 0.15) is 46.8 Å². The average Bonchev–Trinajstić information content (AvgIpc) is 2.62. The molecule has 5 nitrogen and oxygen atoms in total. The van der Waals surface area contributed by atoms with Crippen LogP contribution in [0.15, 0.2) is 36.4 Å². The van der Waals surface area contributed by atoms with Crippen molar-refractivity contribution in [1.29, 1.82) is 0 Å². The molecule has 1 aromatic heterocycles. The minimum Gasteiger partial charge on any atom is -0.348 e. The van der Waals surface area contributed by atoms with E-state index >= 15 is 0 Å². The Kier molecular flexibility index (Phi) is 6.43. The highest BCUT2D eigenvalue weighted by molar-refractivity contribution is 6.30. The number of benzene rings is 1. The number of hydrogen-bond donors (Lipinski definition) is 2. The van der Waals surface area contributed by atoms with E-state index in [0.29, 0.717) is 6.42 Å². The first-order valence-electron chi connectivity index (χ1n) is 8.07. The van der Waals surface area contributed by atoms with Crippen LogP contribution in [0.25, 0.3) is 0 Å². The van der Waals surface area contributed by atoms with E-state index in [-0.39, 0.29) is 22.5 Å². The maximum atomic E-state index is 13.1. The van der Waals surface area contributed by atoms with E-state index in [1.165, 1.54) is 24.3 Å². The second-order valence-corrected chi connectivity index (χ2v) is 6.27. The van der Waals surface area contributed by atoms with E-state index in [4.69, 9.17) is 11.6 Å². The molecule has 0 radical (unpaired) electrons. The number of nitrogens with zero attached hydrogens (tertiary/aromatic N) is 1. The Hall–Kier alpha value is -2.61. The third kappa shape index (κ3) is 5.43. The predicted molar refractivity (Wildman–Crippen MR) is 95.9 cm³/mol. The monoisotopic (exact) mass is 399 g/mol. The van der Waals surface area contributed by atoms with Crippen molar-refractivity contribution in [3.8, 4) is 0 Å². The summed E-state index contributed by atoms with van der Waals surface area (Å²) in [5.74, 6) is -1.34. The van der Waals surface area contributed by atoms with E-state index in [9.17, 15) is 22.8 Å². The molecular formula is C18H17ClF3N3O2. The lowest BCUT2D eigenvalue weighted by Gasteiger charge is -2.14. The number of carbonyl (C=O) groups is 2. The molecule has 0 bridgehead atoms. The number of rotatable bonds is 5. The molecule has 0 aliphatic carbocycles. The lowest BCUT2D eigenvalue weighted by molar-refractivity contribution is -0.136. The van der Waals surface area contributed by atoms with Crippen LogP contribution in [-0.4, -0.2) is 22.8 Å². The Morgan fingerprint density at radius 1 is 1.15 bits per heavy atom. The molecule has 144 valence electrons. The normalized spacial score (nSPS) is 12.4. The molecule has 0 spiro atoms. The number of hydrogen-bond acceptors (Lipinski definition) is 3. The van der Waals surface area contributed by atoms with Gasteiger partial charge in [0.05, 0.1) is 11.3 Å². The topological polar surface area (TPSA) is 71.1 Å². The minimum absolute atomic E-state index is 0.00454. The number of anilines is 1. The van der Waals surface area contributed by atoms with E-state index in [0.717, 1.165) is 12.1 Å². The molecule has 2 aromatic rings. The molecule has 1 atom stereocenters. The van der Waals surface area contributed by atoms with Crippen LogP contribution < -0.4 is 10.6 Å². The third-order valence-electron chi connectivity index (χ3n) is 3.74. The minimum atomic E-state index is -4.70. The number of carbonyl (C=O) groups excluding carboxylic acids is 2. The van der Waals surface area contributed by atoms with Crippen molar-refractivity contribution in [2.24, 2.45) is 0 Å². The summed E-state index contributed by atoms with van der Waals surface area (Å²) in [6.45, 7) is 3.71. The Balaban J connectivity index is 2.25. The highest BCUT2D eigenvalue weighted by Gasteiger charge is 2.34. The molecule has 2 rings (SSSR count). The first-order chi connectivity index (χ1) is 12.6. The van der Waals surface area contributed by atoms with Crippen molar-refractivity contribution in [3.05, 3.63) is 58.4 Å². The van der Waals surface area contributed by atoms with Gasteiger partial charge in [0.2, 0.25) is 0 Å². The van der Waals surface area contributed by atoms with Gasteiger partial charge in [0.25, 0.3) is 11.8 Å². The average molecular weight is 400 g/mol. The maximum absolute atomic E-state index is 13.1. The lowest BCUT2D eigenvalue weighted by atomic mass is 10.1. The van der Waals surface area contributed by atoms with E-state index in [1.54, 1.807) is 0 Å². The summed E-state index contributed by atoms with van der Waals surface area (Å²) in [6.07, 6.45) is -3.98. The largest absolute Gasteiger partial charge is 0.418 e. The van der Waals surface area contributed by atoms with Gasteiger partial charge in [-0.2, -0.15) is 13.2 Å². The highest BCUT2D eigenvalue weighted by Crippen LogP contribution is 2.36. The van der Waals surface area contributed by atoms with Gasteiger partial charge < -0.3 is 10.6 Å². The van der Waals surface area contributed by atoms with Crippen LogP contribution in [-0.2, 0) is 6.18 Å². The van der Waals surface area contributed by atoms with Crippen molar-refractivity contribution >= 4 is 29.1 Å². The molecule has 1 aromatic carbocycles. The van der Waals surface area contributed by atoms with Gasteiger partial charge in [0.15, 0.2) is 0 Å². The van der Waals surface area contributed by atoms with Gasteiger partial charge in [-0.05, 0) is 43.7 Å². The molecule has 9 heteroatoms. The third-order valence-corrected chi connectivity index (χ3v) is 3.97. The van der Waals surface area contributed by atoms with E-state index in [2.05, 4.69) is 15.6 Å². The summed E-state index contributed by atoms with van der Waals surface area (Å²) in [6, 6.07) is 7.08. The molecule has 0 fully saturated rings. The summed E-state index contributed by atoms with van der Waals surface area (Å²) in [5, 5.41) is 4.76. The summed E-state index contributed by atoms with van der Waals surface area (Å²) in [5.41, 5.74) is -1.72. The van der Waals surface area contributed by atoms with Crippen molar-refractivity contribution in [1.82, 2.24) is 10.3 Å². The Bertz CT molecular complexity index is 856. The first kappa shape index (κ1) is 20.7. The number of halogens is 4. The number of alkyl halides is 3. The molecular weight excluding hydrogens is 383 g/mol. The number of amides is 2. The van der Waals surface area contributed by atoms with E-state index < -0.39 is 29.2 Å². The Morgan fingerprint density at radius 2 is 1.78 bits per heavy atom. The zero-order valence-corrected chi connectivity index (χ0v) is 15.3. The maximum Gasteiger partial charge on any atom is 0.418 e. The van der Waals surface area contributed by atoms with Crippen LogP contribution in [0.3, 0.4) is 0 Å². The molecule has 2 N–H and O–H groups in total. The summed E-state index contributed by atoms with van der Waals surface area (Å²) >= 11 is 5.62. The van der Waals surface area contributed by atoms with Gasteiger partial charge in [0.1, 0.15) is 11.4 Å². The van der Waals surface area contributed by atoms with Gasteiger partial charge in [0, 0.05) is 11.1 Å². The Labute approximate surface area is 158 Å². The fourth-order valence-corrected chi connectivity index (χ4v) is 2.31. The van der Waals surface area contributed by atoms with Crippen LogP contribution in [0.5, 0.6) is 0 Å². The highest BCUT2D eigenvalue weighted by atomic mass is 35.5. The first-order valence-corrected chi connectivity index (χ1v) is 8.45. The number of nitrogens with one attached hydrogen (secondary N) is 2. The zero-order chi connectivity index (χ0) is 20.2. The predicted octanol–water partition coefficient (Wildman–Crippen LogP) is 4.53. The second-order valence-electron chi connectivity index (χ2n) is 5.83. The van der Waals surface area contributed by atoms with E-state index in [1.807, 2.05) is 13.8 Å². The number of pyridine rings is 1. The standard InChI is InChI=1S/C18H17ClF3N3O2/c1-3-10(2)23-16(26)14-5-4-6-15(24-14)17(27)25-13-8-7-11(19)9-12(13)18(20,21)22/h4-10H,3H2,1-2H3,(H,23,26)(H,25,27). The van der Waals surface area contributed by atoms with Crippen molar-refractivity contribution in [2.45, 2.75) is 32.5 Å². The zero-order valence-electron chi connectivity index (χ0n) is 14.5. The van der Waals surface area contributed by atoms with Crippen molar-refractivity contribution < 1.29 is 22.8 Å². The van der Waals surface area contributed by atoms with Crippen molar-refractivity contribution in [2.75, 3.05) is 5.32 Å². The van der Waals surface area contributed by atoms with Gasteiger partial charge in [-0.25, -0.2) is 4.98 Å². The number of aromatic nitrogens is 1. The van der Waals surface area contributed by atoms with Gasteiger partial charge in [-0.15, -0.1) is 0 Å². The summed E-state index contributed by atoms with van der Waals surface area (Å²) in [7, 11) is 0. The fourth-order valence-electron chi connectivity index (χ4n) is 2.13. The fraction of sp³-hybridized carbons (Fsp3) is 0.278. The van der Waals surface area contributed by atoms with Gasteiger partial charge in [-0.1, -0.05) is 24.6 Å². The smallest absolute Gasteiger partial charge is 0.348 e. The summed E-state index contributed by atoms with van der Waals surface area (Å²) < 4.78 is 39.4. The molecule has 1 heterocycles. The van der Waals surface area contributed by atoms with Crippen LogP contribution in [0, 0.1) is 0 Å². The molecule has 0 aliphatic rings. The quantitative estimate of drug-likeness (QED) is 0.775. The Morgan fingerprint density at radius 3 is 2.37 bits per heavy atom. The lowest BCUT2D eigenvalue weighted by Crippen LogP contribution is -2.32. The molecule has 0 aliphatic heterocycles. The van der Waals surface area contributed by atoms with Gasteiger partial charge >= 0.3 is 6.18 Å². The molecule has 27 heavy (non-hydrogen) atoms. The van der Waals surface area contributed by atoms with Crippen LogP contribution in [0.4, 0.5) is 18.9 Å². The van der Waals surface area contributed by atoms with Gasteiger partial charge in [-0.3, -0.25) is 9.59 Å². The molecule has 1 unspecified atom stereocenters. The molecule has 0 saturated heterocycles. The van der Waals surface area contributed by atoms with Crippen LogP contribution >= 0.6 is 11.6 Å². The second kappa shape index (κ2) is 8.39. The SMILES string of the molecule is CCC(C)NC(=O)c1cccc(C(=O)Nc2ccc(Cl)cc2C(F)(F)F)n1. The molecule has 2 amide bonds. The molecule has 0 saturated carbocycles. The van der Waals surface area contributed by atoms with Crippen molar-refractivity contribution in [3.63, 3.8) is 0 Å².